The lowest BCUT2D eigenvalue weighted by molar-refractivity contribution is -0.119. The highest BCUT2D eigenvalue weighted by atomic mass is 32.1. The average Bonchev–Trinajstić information content (AvgIpc) is 2.79. The van der Waals surface area contributed by atoms with E-state index in [0.717, 1.165) is 30.3 Å². The summed E-state index contributed by atoms with van der Waals surface area (Å²) < 4.78 is 0. The van der Waals surface area contributed by atoms with Gasteiger partial charge < -0.3 is 5.32 Å². The minimum atomic E-state index is 0.0637. The Hall–Kier alpha value is -0.900. The highest BCUT2D eigenvalue weighted by Crippen LogP contribution is 2.34. The van der Waals surface area contributed by atoms with Crippen LogP contribution in [0.15, 0.2) is 0 Å². The largest absolute Gasteiger partial charge is 0.302 e. The first-order valence-corrected chi connectivity index (χ1v) is 8.25. The first-order chi connectivity index (χ1) is 9.13. The number of hydrogen-bond acceptors (Lipinski definition) is 3. The number of carbonyl (C=O) groups is 1. The molecule has 0 saturated carbocycles. The van der Waals surface area contributed by atoms with Gasteiger partial charge in [0.25, 0.3) is 0 Å². The van der Waals surface area contributed by atoms with E-state index >= 15 is 0 Å². The maximum atomic E-state index is 11.9. The molecule has 0 aliphatic heterocycles. The Morgan fingerprint density at radius 3 is 3.00 bits per heavy atom. The first-order valence-electron chi connectivity index (χ1n) is 7.43. The molecule has 0 bridgehead atoms. The summed E-state index contributed by atoms with van der Waals surface area (Å²) >= 11 is 1.68. The van der Waals surface area contributed by atoms with Gasteiger partial charge in [0.15, 0.2) is 5.13 Å². The van der Waals surface area contributed by atoms with Crippen LogP contribution in [0.1, 0.15) is 57.0 Å². The van der Waals surface area contributed by atoms with Crippen molar-refractivity contribution < 1.29 is 4.79 Å². The Morgan fingerprint density at radius 2 is 2.32 bits per heavy atom. The number of aromatic nitrogens is 1. The Labute approximate surface area is 119 Å². The molecule has 3 nitrogen and oxygen atoms in total. The number of nitrogens with zero attached hydrogens (tertiary/aromatic N) is 1. The average molecular weight is 280 g/mol. The molecule has 19 heavy (non-hydrogen) atoms. The van der Waals surface area contributed by atoms with Gasteiger partial charge in [0.05, 0.1) is 5.69 Å². The fourth-order valence-electron chi connectivity index (χ4n) is 2.57. The van der Waals surface area contributed by atoms with Gasteiger partial charge in [-0.05, 0) is 31.6 Å². The minimum Gasteiger partial charge on any atom is -0.302 e. The van der Waals surface area contributed by atoms with E-state index < -0.39 is 0 Å². The van der Waals surface area contributed by atoms with Crippen LogP contribution < -0.4 is 5.32 Å². The third-order valence-corrected chi connectivity index (χ3v) is 5.06. The number of carbonyl (C=O) groups excluding carboxylic acids is 1. The monoisotopic (exact) mass is 280 g/mol. The number of fused-ring (bicyclic) bond motifs is 1. The quantitative estimate of drug-likeness (QED) is 0.884. The van der Waals surface area contributed by atoms with Gasteiger partial charge in [-0.3, -0.25) is 4.79 Å². The molecule has 1 aliphatic rings. The second-order valence-corrected chi connectivity index (χ2v) is 6.67. The van der Waals surface area contributed by atoms with Crippen molar-refractivity contribution in [1.82, 2.24) is 4.98 Å². The molecule has 1 aromatic heterocycles. The van der Waals surface area contributed by atoms with Gasteiger partial charge >= 0.3 is 0 Å². The molecule has 2 rings (SSSR count). The summed E-state index contributed by atoms with van der Waals surface area (Å²) in [4.78, 5) is 17.9. The van der Waals surface area contributed by atoms with E-state index in [1.54, 1.807) is 11.3 Å². The number of anilines is 1. The summed E-state index contributed by atoms with van der Waals surface area (Å²) in [7, 11) is 0. The molecule has 0 saturated heterocycles. The Balaban J connectivity index is 2.01. The van der Waals surface area contributed by atoms with Crippen LogP contribution in [0.2, 0.25) is 0 Å². The standard InChI is InChI=1S/C15H24N2OS/c1-4-6-11-7-8-12-13(9-11)19-15(16-12)17-14(18)10(3)5-2/h10-11H,4-9H2,1-3H3,(H,16,17,18). The number of nitrogens with one attached hydrogen (secondary N) is 1. The number of hydrogen-bond donors (Lipinski definition) is 1. The molecule has 0 spiro atoms. The zero-order valence-corrected chi connectivity index (χ0v) is 13.0. The van der Waals surface area contributed by atoms with Gasteiger partial charge in [-0.15, -0.1) is 11.3 Å². The van der Waals surface area contributed by atoms with Crippen molar-refractivity contribution in [3.05, 3.63) is 10.6 Å². The van der Waals surface area contributed by atoms with Crippen molar-refractivity contribution in [2.45, 2.75) is 59.3 Å². The van der Waals surface area contributed by atoms with Crippen molar-refractivity contribution in [3.63, 3.8) is 0 Å². The minimum absolute atomic E-state index is 0.0637. The molecule has 106 valence electrons. The maximum Gasteiger partial charge on any atom is 0.228 e. The molecule has 4 heteroatoms. The van der Waals surface area contributed by atoms with Gasteiger partial charge in [-0.1, -0.05) is 33.6 Å². The number of amides is 1. The van der Waals surface area contributed by atoms with Crippen LogP contribution in [0.5, 0.6) is 0 Å². The fraction of sp³-hybridized carbons (Fsp3) is 0.733. The van der Waals surface area contributed by atoms with E-state index in [1.807, 2.05) is 13.8 Å². The lowest BCUT2D eigenvalue weighted by Gasteiger charge is -2.19. The smallest absolute Gasteiger partial charge is 0.228 e. The first kappa shape index (κ1) is 14.5. The lowest BCUT2D eigenvalue weighted by atomic mass is 9.88. The maximum absolute atomic E-state index is 11.9. The zero-order chi connectivity index (χ0) is 13.8. The summed E-state index contributed by atoms with van der Waals surface area (Å²) in [6.45, 7) is 6.24. The van der Waals surface area contributed by atoms with Crippen LogP contribution in [0.4, 0.5) is 5.13 Å². The van der Waals surface area contributed by atoms with Crippen molar-refractivity contribution in [1.29, 1.82) is 0 Å². The van der Waals surface area contributed by atoms with E-state index in [2.05, 4.69) is 17.2 Å². The second kappa shape index (κ2) is 6.51. The van der Waals surface area contributed by atoms with Gasteiger partial charge in [-0.2, -0.15) is 0 Å². The van der Waals surface area contributed by atoms with Crippen molar-refractivity contribution in [2.75, 3.05) is 5.32 Å². The molecule has 0 aromatic carbocycles. The summed E-state index contributed by atoms with van der Waals surface area (Å²) in [5.74, 6) is 0.976. The highest BCUT2D eigenvalue weighted by Gasteiger charge is 2.23. The molecule has 1 aromatic rings. The van der Waals surface area contributed by atoms with Crippen LogP contribution in [0.3, 0.4) is 0 Å². The number of thiazole rings is 1. The predicted octanol–water partition coefficient (Wildman–Crippen LogP) is 4.03. The van der Waals surface area contributed by atoms with Crippen LogP contribution in [0.25, 0.3) is 0 Å². The lowest BCUT2D eigenvalue weighted by Crippen LogP contribution is -2.19. The normalized spacial score (nSPS) is 19.8. The van der Waals surface area contributed by atoms with E-state index in [1.165, 1.54) is 29.8 Å². The van der Waals surface area contributed by atoms with E-state index in [-0.39, 0.29) is 11.8 Å². The van der Waals surface area contributed by atoms with E-state index in [0.29, 0.717) is 0 Å². The molecular formula is C15H24N2OS. The predicted molar refractivity (Wildman–Crippen MR) is 80.6 cm³/mol. The summed E-state index contributed by atoms with van der Waals surface area (Å²) in [5, 5.41) is 3.76. The van der Waals surface area contributed by atoms with Crippen molar-refractivity contribution in [3.8, 4) is 0 Å². The topological polar surface area (TPSA) is 42.0 Å². The number of rotatable bonds is 5. The van der Waals surface area contributed by atoms with Gasteiger partial charge in [0, 0.05) is 10.8 Å². The SMILES string of the molecule is CCCC1CCc2nc(NC(=O)C(C)CC)sc2C1. The third kappa shape index (κ3) is 3.56. The molecule has 1 N–H and O–H groups in total. The van der Waals surface area contributed by atoms with E-state index in [9.17, 15) is 4.79 Å². The van der Waals surface area contributed by atoms with Gasteiger partial charge in [0.2, 0.25) is 5.91 Å². The molecule has 1 amide bonds. The summed E-state index contributed by atoms with van der Waals surface area (Å²) in [6.07, 6.45) is 6.93. The Morgan fingerprint density at radius 1 is 1.53 bits per heavy atom. The molecule has 2 unspecified atom stereocenters. The molecule has 2 atom stereocenters. The van der Waals surface area contributed by atoms with Crippen LogP contribution in [0, 0.1) is 11.8 Å². The van der Waals surface area contributed by atoms with Crippen LogP contribution >= 0.6 is 11.3 Å². The van der Waals surface area contributed by atoms with E-state index in [4.69, 9.17) is 0 Å². The van der Waals surface area contributed by atoms with Crippen molar-refractivity contribution >= 4 is 22.4 Å². The van der Waals surface area contributed by atoms with Gasteiger partial charge in [0.1, 0.15) is 0 Å². The van der Waals surface area contributed by atoms with Crippen LogP contribution in [-0.2, 0) is 17.6 Å². The number of aryl methyl sites for hydroxylation is 1. The highest BCUT2D eigenvalue weighted by molar-refractivity contribution is 7.15. The van der Waals surface area contributed by atoms with Crippen molar-refractivity contribution in [2.24, 2.45) is 11.8 Å². The van der Waals surface area contributed by atoms with Crippen LogP contribution in [-0.4, -0.2) is 10.9 Å². The Kier molecular flexibility index (Phi) is 4.97. The molecular weight excluding hydrogens is 256 g/mol. The molecule has 1 aliphatic carbocycles. The Bertz CT molecular complexity index is 441. The molecule has 1 heterocycles. The van der Waals surface area contributed by atoms with Gasteiger partial charge in [-0.25, -0.2) is 4.98 Å². The zero-order valence-electron chi connectivity index (χ0n) is 12.2. The summed E-state index contributed by atoms with van der Waals surface area (Å²) in [6, 6.07) is 0. The molecule has 0 radical (unpaired) electrons. The fourth-order valence-corrected chi connectivity index (χ4v) is 3.69. The molecule has 0 fully saturated rings. The summed E-state index contributed by atoms with van der Waals surface area (Å²) in [5.41, 5.74) is 1.22. The third-order valence-electron chi connectivity index (χ3n) is 4.03. The second-order valence-electron chi connectivity index (χ2n) is 5.58.